The smallest absolute Gasteiger partial charge is 0.304 e. The standard InChI is InChI=1S/C39H32Cl4N2O4/c1-5-6-25-12-21(3)29-18-27(8-10-36(29)45-25)49-39-33(42)15-24(16-34(39)43)30(19-37(46)47)23-13-31(40)38(32(41)14-23)48-26-7-9-35-28(17-26)20(2)11-22(4)44-35/h7-18,30H,5-6,19H2,1-4H3,(H,46,47). The van der Waals surface area contributed by atoms with Gasteiger partial charge in [0.25, 0.3) is 0 Å². The van der Waals surface area contributed by atoms with Crippen LogP contribution in [0.4, 0.5) is 0 Å². The molecule has 0 amide bonds. The summed E-state index contributed by atoms with van der Waals surface area (Å²) in [6.45, 7) is 8.14. The summed E-state index contributed by atoms with van der Waals surface area (Å²) in [7, 11) is 0. The fourth-order valence-electron chi connectivity index (χ4n) is 6.09. The minimum Gasteiger partial charge on any atom is -0.481 e. The lowest BCUT2D eigenvalue weighted by atomic mass is 9.88. The Morgan fingerprint density at radius 3 is 1.63 bits per heavy atom. The van der Waals surface area contributed by atoms with Gasteiger partial charge in [0.15, 0.2) is 11.5 Å². The zero-order valence-corrected chi connectivity index (χ0v) is 30.2. The molecule has 6 nitrogen and oxygen atoms in total. The van der Waals surface area contributed by atoms with E-state index in [1.807, 2.05) is 57.2 Å². The lowest BCUT2D eigenvalue weighted by molar-refractivity contribution is -0.137. The maximum atomic E-state index is 12.1. The molecule has 0 aliphatic rings. The van der Waals surface area contributed by atoms with Crippen molar-refractivity contribution in [2.24, 2.45) is 0 Å². The molecule has 0 spiro atoms. The van der Waals surface area contributed by atoms with E-state index in [2.05, 4.69) is 18.0 Å². The predicted octanol–water partition coefficient (Wildman–Crippen LogP) is 12.5. The van der Waals surface area contributed by atoms with E-state index in [9.17, 15) is 9.90 Å². The summed E-state index contributed by atoms with van der Waals surface area (Å²) in [4.78, 5) is 21.4. The molecule has 6 rings (SSSR count). The van der Waals surface area contributed by atoms with Crippen LogP contribution in [-0.2, 0) is 11.2 Å². The number of aliphatic carboxylic acids is 1. The van der Waals surface area contributed by atoms with Crippen molar-refractivity contribution in [2.75, 3.05) is 0 Å². The SMILES string of the molecule is CCCc1cc(C)c2cc(Oc3c(Cl)cc(C(CC(=O)O)c4cc(Cl)c(Oc5ccc6nc(C)cc(C)c6c5)c(Cl)c4)cc3Cl)ccc2n1. The molecular formula is C39H32Cl4N2O4. The molecule has 0 fully saturated rings. The topological polar surface area (TPSA) is 81.5 Å². The van der Waals surface area contributed by atoms with E-state index in [1.54, 1.807) is 30.3 Å². The van der Waals surface area contributed by atoms with Crippen LogP contribution in [0.25, 0.3) is 21.8 Å². The summed E-state index contributed by atoms with van der Waals surface area (Å²) < 4.78 is 12.3. The van der Waals surface area contributed by atoms with Gasteiger partial charge in [-0.2, -0.15) is 0 Å². The Morgan fingerprint density at radius 2 is 1.16 bits per heavy atom. The van der Waals surface area contributed by atoms with Gasteiger partial charge in [0.2, 0.25) is 0 Å². The summed E-state index contributed by atoms with van der Waals surface area (Å²) in [5.41, 5.74) is 6.99. The van der Waals surface area contributed by atoms with Crippen molar-refractivity contribution >= 4 is 74.2 Å². The third-order valence-electron chi connectivity index (χ3n) is 8.33. The Bertz CT molecular complexity index is 2210. The molecule has 1 atom stereocenters. The first-order chi connectivity index (χ1) is 23.4. The lowest BCUT2D eigenvalue weighted by Crippen LogP contribution is -2.09. The van der Waals surface area contributed by atoms with Crippen LogP contribution in [0.1, 0.15) is 59.3 Å². The summed E-state index contributed by atoms with van der Waals surface area (Å²) in [5.74, 6) is -0.128. The zero-order valence-electron chi connectivity index (χ0n) is 27.2. The van der Waals surface area contributed by atoms with Gasteiger partial charge >= 0.3 is 5.97 Å². The van der Waals surface area contributed by atoms with Gasteiger partial charge < -0.3 is 14.6 Å². The van der Waals surface area contributed by atoms with Crippen molar-refractivity contribution in [3.05, 3.63) is 127 Å². The molecule has 0 saturated carbocycles. The number of nitrogens with zero attached hydrogens (tertiary/aromatic N) is 2. The van der Waals surface area contributed by atoms with E-state index in [4.69, 9.17) is 60.9 Å². The molecule has 0 aliphatic heterocycles. The molecule has 6 aromatic rings. The molecule has 2 heterocycles. The van der Waals surface area contributed by atoms with Crippen LogP contribution in [0.15, 0.2) is 72.8 Å². The molecular weight excluding hydrogens is 702 g/mol. The van der Waals surface area contributed by atoms with Crippen LogP contribution in [0.5, 0.6) is 23.0 Å². The Hall–Kier alpha value is -4.07. The maximum Gasteiger partial charge on any atom is 0.304 e. The highest BCUT2D eigenvalue weighted by Crippen LogP contribution is 2.45. The molecule has 1 N–H and O–H groups in total. The van der Waals surface area contributed by atoms with Gasteiger partial charge in [0.05, 0.1) is 37.5 Å². The molecule has 0 aliphatic carbocycles. The second-order valence-corrected chi connectivity index (χ2v) is 13.7. The fourth-order valence-corrected chi connectivity index (χ4v) is 7.25. The third kappa shape index (κ3) is 7.58. The Balaban J connectivity index is 1.29. The first-order valence-corrected chi connectivity index (χ1v) is 17.2. The second kappa shape index (κ2) is 14.4. The Labute approximate surface area is 304 Å². The van der Waals surface area contributed by atoms with Crippen molar-refractivity contribution in [1.82, 2.24) is 9.97 Å². The number of pyridine rings is 2. The number of carboxylic acid groups (broad SMARTS) is 1. The molecule has 4 aromatic carbocycles. The van der Waals surface area contributed by atoms with Gasteiger partial charge in [-0.15, -0.1) is 0 Å². The summed E-state index contributed by atoms with van der Waals surface area (Å²) in [5, 5.41) is 12.7. The van der Waals surface area contributed by atoms with E-state index in [1.165, 1.54) is 0 Å². The number of carboxylic acids is 1. The maximum absolute atomic E-state index is 12.1. The molecule has 2 aromatic heterocycles. The number of hydrogen-bond acceptors (Lipinski definition) is 5. The fraction of sp³-hybridized carbons (Fsp3) is 0.205. The number of aryl methyl sites for hydroxylation is 4. The number of halogens is 4. The highest BCUT2D eigenvalue weighted by Gasteiger charge is 2.24. The predicted molar refractivity (Wildman–Crippen MR) is 199 cm³/mol. The van der Waals surface area contributed by atoms with Crippen LogP contribution in [0.3, 0.4) is 0 Å². The number of aromatic nitrogens is 2. The number of rotatable bonds is 10. The van der Waals surface area contributed by atoms with Gasteiger partial charge in [-0.05, 0) is 122 Å². The largest absolute Gasteiger partial charge is 0.481 e. The van der Waals surface area contributed by atoms with Crippen molar-refractivity contribution in [1.29, 1.82) is 0 Å². The number of ether oxygens (including phenoxy) is 2. The minimum absolute atomic E-state index is 0.219. The van der Waals surface area contributed by atoms with Crippen LogP contribution >= 0.6 is 46.4 Å². The quantitative estimate of drug-likeness (QED) is 0.151. The van der Waals surface area contributed by atoms with Gasteiger partial charge in [-0.1, -0.05) is 59.7 Å². The molecule has 0 radical (unpaired) electrons. The van der Waals surface area contributed by atoms with Crippen LogP contribution in [-0.4, -0.2) is 21.0 Å². The van der Waals surface area contributed by atoms with Crippen molar-refractivity contribution < 1.29 is 19.4 Å². The van der Waals surface area contributed by atoms with Gasteiger partial charge in [-0.3, -0.25) is 14.8 Å². The lowest BCUT2D eigenvalue weighted by Gasteiger charge is -2.20. The van der Waals surface area contributed by atoms with Gasteiger partial charge in [-0.25, -0.2) is 0 Å². The van der Waals surface area contributed by atoms with Gasteiger partial charge in [0, 0.05) is 28.1 Å². The first-order valence-electron chi connectivity index (χ1n) is 15.7. The summed E-state index contributed by atoms with van der Waals surface area (Å²) in [6.07, 6.45) is 1.66. The molecule has 250 valence electrons. The second-order valence-electron chi connectivity index (χ2n) is 12.1. The third-order valence-corrected chi connectivity index (χ3v) is 9.45. The first kappa shape index (κ1) is 34.8. The highest BCUT2D eigenvalue weighted by molar-refractivity contribution is 6.38. The summed E-state index contributed by atoms with van der Waals surface area (Å²) >= 11 is 27.0. The van der Waals surface area contributed by atoms with E-state index < -0.39 is 11.9 Å². The van der Waals surface area contributed by atoms with E-state index in [-0.39, 0.29) is 38.0 Å². The van der Waals surface area contributed by atoms with Crippen molar-refractivity contribution in [2.45, 2.75) is 52.9 Å². The van der Waals surface area contributed by atoms with Crippen molar-refractivity contribution in [3.63, 3.8) is 0 Å². The molecule has 0 saturated heterocycles. The Morgan fingerprint density at radius 1 is 0.694 bits per heavy atom. The number of carbonyl (C=O) groups is 1. The monoisotopic (exact) mass is 732 g/mol. The number of hydrogen-bond donors (Lipinski definition) is 1. The van der Waals surface area contributed by atoms with Crippen LogP contribution < -0.4 is 9.47 Å². The average molecular weight is 735 g/mol. The normalized spacial score (nSPS) is 12.0. The summed E-state index contributed by atoms with van der Waals surface area (Å²) in [6, 6.07) is 21.9. The minimum atomic E-state index is -1.03. The van der Waals surface area contributed by atoms with E-state index >= 15 is 0 Å². The van der Waals surface area contributed by atoms with E-state index in [0.29, 0.717) is 22.6 Å². The van der Waals surface area contributed by atoms with Crippen LogP contribution in [0, 0.1) is 20.8 Å². The van der Waals surface area contributed by atoms with Crippen LogP contribution in [0.2, 0.25) is 20.1 Å². The molecule has 10 heteroatoms. The average Bonchev–Trinajstić information content (AvgIpc) is 3.03. The van der Waals surface area contributed by atoms with E-state index in [0.717, 1.165) is 57.2 Å². The Kier molecular flexibility index (Phi) is 10.2. The molecule has 49 heavy (non-hydrogen) atoms. The number of benzene rings is 4. The van der Waals surface area contributed by atoms with Crippen molar-refractivity contribution in [3.8, 4) is 23.0 Å². The van der Waals surface area contributed by atoms with Gasteiger partial charge in [0.1, 0.15) is 11.5 Å². The zero-order chi connectivity index (χ0) is 35.0. The molecule has 0 bridgehead atoms. The number of fused-ring (bicyclic) bond motifs is 2. The molecule has 1 unspecified atom stereocenters. The highest BCUT2D eigenvalue weighted by atomic mass is 35.5.